The number of para-hydroxylation sites is 1. The molecule has 4 heteroatoms. The van der Waals surface area contributed by atoms with Gasteiger partial charge in [-0.3, -0.25) is 0 Å². The molecule has 0 bridgehead atoms. The monoisotopic (exact) mass is 231 g/mol. The van der Waals surface area contributed by atoms with Crippen LogP contribution in [-0.2, 0) is 6.42 Å². The van der Waals surface area contributed by atoms with Crippen LogP contribution in [0.5, 0.6) is 0 Å². The lowest BCUT2D eigenvalue weighted by Crippen LogP contribution is -2.14. The quantitative estimate of drug-likeness (QED) is 0.817. The standard InChI is InChI=1S/C13H14FN3/c1-9-13-12(7-4-8-15-13)17(16-9)11-6-3-2-5-10(11)14/h2-3,5-6,15H,4,7-8H2,1H3. The van der Waals surface area contributed by atoms with Gasteiger partial charge in [-0.2, -0.15) is 5.10 Å². The fourth-order valence-corrected chi connectivity index (χ4v) is 2.33. The van der Waals surface area contributed by atoms with Crippen molar-refractivity contribution in [2.24, 2.45) is 0 Å². The van der Waals surface area contributed by atoms with E-state index in [1.165, 1.54) is 6.07 Å². The number of fused-ring (bicyclic) bond motifs is 1. The third-order valence-corrected chi connectivity index (χ3v) is 3.13. The van der Waals surface area contributed by atoms with E-state index < -0.39 is 0 Å². The molecule has 0 radical (unpaired) electrons. The van der Waals surface area contributed by atoms with Crippen LogP contribution in [0.2, 0.25) is 0 Å². The molecule has 0 fully saturated rings. The Hall–Kier alpha value is -1.84. The highest BCUT2D eigenvalue weighted by molar-refractivity contribution is 5.56. The van der Waals surface area contributed by atoms with Gasteiger partial charge in [0.25, 0.3) is 0 Å². The Labute approximate surface area is 99.3 Å². The molecule has 0 unspecified atom stereocenters. The second-order valence-electron chi connectivity index (χ2n) is 4.30. The number of nitrogens with one attached hydrogen (secondary N) is 1. The lowest BCUT2D eigenvalue weighted by Gasteiger charge is -2.16. The maximum absolute atomic E-state index is 13.8. The molecule has 1 N–H and O–H groups in total. The number of aryl methyl sites for hydroxylation is 1. The molecule has 1 aromatic carbocycles. The van der Waals surface area contributed by atoms with Gasteiger partial charge in [0.2, 0.25) is 0 Å². The minimum absolute atomic E-state index is 0.233. The Morgan fingerprint density at radius 1 is 1.35 bits per heavy atom. The maximum Gasteiger partial charge on any atom is 0.148 e. The van der Waals surface area contributed by atoms with Crippen LogP contribution < -0.4 is 5.32 Å². The van der Waals surface area contributed by atoms with Crippen LogP contribution in [0.3, 0.4) is 0 Å². The van der Waals surface area contributed by atoms with E-state index in [2.05, 4.69) is 10.4 Å². The van der Waals surface area contributed by atoms with Gasteiger partial charge >= 0.3 is 0 Å². The normalized spacial score (nSPS) is 14.2. The molecular formula is C13H14FN3. The Morgan fingerprint density at radius 2 is 2.18 bits per heavy atom. The lowest BCUT2D eigenvalue weighted by atomic mass is 10.1. The van der Waals surface area contributed by atoms with Crippen molar-refractivity contribution in [2.45, 2.75) is 19.8 Å². The Bertz CT molecular complexity index is 560. The zero-order valence-electron chi connectivity index (χ0n) is 9.70. The third-order valence-electron chi connectivity index (χ3n) is 3.13. The molecule has 0 aliphatic carbocycles. The summed E-state index contributed by atoms with van der Waals surface area (Å²) in [5.41, 5.74) is 3.61. The molecule has 1 aliphatic rings. The van der Waals surface area contributed by atoms with Crippen LogP contribution in [0.15, 0.2) is 24.3 Å². The van der Waals surface area contributed by atoms with E-state index >= 15 is 0 Å². The van der Waals surface area contributed by atoms with E-state index in [0.717, 1.165) is 36.5 Å². The van der Waals surface area contributed by atoms with Gasteiger partial charge in [-0.05, 0) is 31.9 Å². The van der Waals surface area contributed by atoms with Gasteiger partial charge < -0.3 is 5.32 Å². The van der Waals surface area contributed by atoms with Crippen molar-refractivity contribution in [3.63, 3.8) is 0 Å². The van der Waals surface area contributed by atoms with Gasteiger partial charge in [0.1, 0.15) is 11.5 Å². The summed E-state index contributed by atoms with van der Waals surface area (Å²) in [7, 11) is 0. The highest BCUT2D eigenvalue weighted by atomic mass is 19.1. The van der Waals surface area contributed by atoms with Crippen molar-refractivity contribution in [1.29, 1.82) is 0 Å². The first-order chi connectivity index (χ1) is 8.27. The number of aromatic nitrogens is 2. The molecule has 1 aromatic heterocycles. The highest BCUT2D eigenvalue weighted by Crippen LogP contribution is 2.28. The van der Waals surface area contributed by atoms with Crippen LogP contribution in [0.4, 0.5) is 10.1 Å². The summed E-state index contributed by atoms with van der Waals surface area (Å²) in [4.78, 5) is 0. The molecule has 2 heterocycles. The van der Waals surface area contributed by atoms with E-state index in [9.17, 15) is 4.39 Å². The van der Waals surface area contributed by atoms with Crippen molar-refractivity contribution in [1.82, 2.24) is 9.78 Å². The summed E-state index contributed by atoms with van der Waals surface area (Å²) in [5, 5.41) is 7.77. The minimum atomic E-state index is -0.233. The Balaban J connectivity index is 2.19. The van der Waals surface area contributed by atoms with Crippen LogP contribution in [-0.4, -0.2) is 16.3 Å². The molecule has 3 nitrogen and oxygen atoms in total. The third kappa shape index (κ3) is 1.60. The predicted octanol–water partition coefficient (Wildman–Crippen LogP) is 2.68. The number of benzene rings is 1. The molecule has 0 saturated heterocycles. The van der Waals surface area contributed by atoms with Gasteiger partial charge in [0, 0.05) is 6.54 Å². The molecule has 0 amide bonds. The second kappa shape index (κ2) is 3.87. The second-order valence-corrected chi connectivity index (χ2v) is 4.30. The van der Waals surface area contributed by atoms with Crippen LogP contribution >= 0.6 is 0 Å². The van der Waals surface area contributed by atoms with Crippen molar-refractivity contribution < 1.29 is 4.39 Å². The zero-order valence-corrected chi connectivity index (χ0v) is 9.70. The molecule has 17 heavy (non-hydrogen) atoms. The summed E-state index contributed by atoms with van der Waals surface area (Å²) >= 11 is 0. The molecule has 0 spiro atoms. The van der Waals surface area contributed by atoms with Gasteiger partial charge in [-0.15, -0.1) is 0 Å². The molecule has 2 aromatic rings. The first kappa shape index (κ1) is 10.3. The van der Waals surface area contributed by atoms with Crippen LogP contribution in [0.25, 0.3) is 5.69 Å². The number of nitrogens with zero attached hydrogens (tertiary/aromatic N) is 2. The Kier molecular flexibility index (Phi) is 2.35. The molecule has 3 rings (SSSR count). The van der Waals surface area contributed by atoms with Crippen molar-refractivity contribution in [3.05, 3.63) is 41.5 Å². The van der Waals surface area contributed by atoms with Crippen molar-refractivity contribution >= 4 is 5.69 Å². The van der Waals surface area contributed by atoms with E-state index in [1.54, 1.807) is 16.8 Å². The number of anilines is 1. The lowest BCUT2D eigenvalue weighted by molar-refractivity contribution is 0.604. The summed E-state index contributed by atoms with van der Waals surface area (Å²) < 4.78 is 15.5. The SMILES string of the molecule is Cc1nn(-c2ccccc2F)c2c1NCCC2. The van der Waals surface area contributed by atoms with Gasteiger partial charge in [-0.1, -0.05) is 12.1 Å². The highest BCUT2D eigenvalue weighted by Gasteiger charge is 2.20. The molecule has 1 aliphatic heterocycles. The average Bonchev–Trinajstić information content (AvgIpc) is 2.68. The van der Waals surface area contributed by atoms with E-state index in [1.807, 2.05) is 13.0 Å². The molecule has 0 atom stereocenters. The summed E-state index contributed by atoms with van der Waals surface area (Å²) in [5.74, 6) is -0.233. The van der Waals surface area contributed by atoms with Crippen molar-refractivity contribution in [2.75, 3.05) is 11.9 Å². The smallest absolute Gasteiger partial charge is 0.148 e. The van der Waals surface area contributed by atoms with Gasteiger partial charge in [0.05, 0.1) is 17.1 Å². The van der Waals surface area contributed by atoms with Gasteiger partial charge in [0.15, 0.2) is 0 Å². The maximum atomic E-state index is 13.8. The fraction of sp³-hybridized carbons (Fsp3) is 0.308. The zero-order chi connectivity index (χ0) is 11.8. The fourth-order valence-electron chi connectivity index (χ4n) is 2.33. The van der Waals surface area contributed by atoms with Crippen molar-refractivity contribution in [3.8, 4) is 5.69 Å². The molecule has 88 valence electrons. The first-order valence-corrected chi connectivity index (χ1v) is 5.84. The van der Waals surface area contributed by atoms with Gasteiger partial charge in [-0.25, -0.2) is 9.07 Å². The van der Waals surface area contributed by atoms with E-state index in [4.69, 9.17) is 0 Å². The summed E-state index contributed by atoms with van der Waals surface area (Å²) in [6.45, 7) is 2.92. The van der Waals surface area contributed by atoms with Crippen LogP contribution in [0, 0.1) is 12.7 Å². The number of hydrogen-bond donors (Lipinski definition) is 1. The minimum Gasteiger partial charge on any atom is -0.382 e. The van der Waals surface area contributed by atoms with E-state index in [0.29, 0.717) is 5.69 Å². The number of rotatable bonds is 1. The Morgan fingerprint density at radius 3 is 3.00 bits per heavy atom. The number of hydrogen-bond acceptors (Lipinski definition) is 2. The molecular weight excluding hydrogens is 217 g/mol. The summed E-state index contributed by atoms with van der Waals surface area (Å²) in [6, 6.07) is 6.75. The largest absolute Gasteiger partial charge is 0.382 e. The number of halogens is 1. The van der Waals surface area contributed by atoms with E-state index in [-0.39, 0.29) is 5.82 Å². The van der Waals surface area contributed by atoms with Crippen LogP contribution in [0.1, 0.15) is 17.8 Å². The molecule has 0 saturated carbocycles. The predicted molar refractivity (Wildman–Crippen MR) is 65.1 cm³/mol. The topological polar surface area (TPSA) is 29.9 Å². The first-order valence-electron chi connectivity index (χ1n) is 5.84. The average molecular weight is 231 g/mol. The summed E-state index contributed by atoms with van der Waals surface area (Å²) in [6.07, 6.45) is 2.00.